The Morgan fingerprint density at radius 2 is 0.867 bits per heavy atom. The predicted molar refractivity (Wildman–Crippen MR) is 92.2 cm³/mol. The van der Waals surface area contributed by atoms with E-state index in [2.05, 4.69) is 9.47 Å². The molecule has 0 unspecified atom stereocenters. The van der Waals surface area contributed by atoms with E-state index in [-0.39, 0.29) is 13.2 Å². The van der Waals surface area contributed by atoms with Gasteiger partial charge in [-0.25, -0.2) is 9.59 Å². The van der Waals surface area contributed by atoms with Crippen molar-refractivity contribution in [1.29, 1.82) is 0 Å². The van der Waals surface area contributed by atoms with Crippen LogP contribution in [0.25, 0.3) is 0 Å². The number of aliphatic carboxylic acids is 4. The fraction of sp³-hybridized carbons (Fsp3) is 0.625. The highest BCUT2D eigenvalue weighted by atomic mass is 16.5. The van der Waals surface area contributed by atoms with Crippen molar-refractivity contribution in [2.45, 2.75) is 50.7 Å². The smallest absolute Gasteiger partial charge is 0.336 e. The fourth-order valence-electron chi connectivity index (χ4n) is 1.83. The van der Waals surface area contributed by atoms with Gasteiger partial charge in [-0.05, 0) is 13.8 Å². The second kappa shape index (κ2) is 13.1. The maximum atomic E-state index is 11.1. The number of carbonyl (C=O) groups is 6. The van der Waals surface area contributed by atoms with Crippen molar-refractivity contribution in [2.75, 3.05) is 13.2 Å². The molecule has 0 bridgehead atoms. The Balaban J connectivity index is 0. The van der Waals surface area contributed by atoms with Gasteiger partial charge >= 0.3 is 35.8 Å². The third kappa shape index (κ3) is 11.6. The van der Waals surface area contributed by atoms with Crippen LogP contribution in [0.15, 0.2) is 0 Å². The summed E-state index contributed by atoms with van der Waals surface area (Å²) in [6, 6.07) is 0. The second-order valence-corrected chi connectivity index (χ2v) is 5.78. The molecule has 0 atom stereocenters. The first kappa shape index (κ1) is 28.9. The first-order valence-corrected chi connectivity index (χ1v) is 8.29. The largest absolute Gasteiger partial charge is 0.481 e. The number of esters is 2. The maximum Gasteiger partial charge on any atom is 0.336 e. The molecule has 172 valence electrons. The lowest BCUT2D eigenvalue weighted by atomic mass is 9.96. The summed E-state index contributed by atoms with van der Waals surface area (Å²) in [6.45, 7) is 3.22. The summed E-state index contributed by atoms with van der Waals surface area (Å²) in [5.74, 6) is -8.46. The zero-order chi connectivity index (χ0) is 24.1. The van der Waals surface area contributed by atoms with Crippen LogP contribution in [0.3, 0.4) is 0 Å². The molecule has 0 aliphatic carbocycles. The summed E-state index contributed by atoms with van der Waals surface area (Å²) in [7, 11) is 0. The molecule has 0 aromatic rings. The quantitative estimate of drug-likeness (QED) is 0.188. The van der Waals surface area contributed by atoms with Gasteiger partial charge in [0.25, 0.3) is 0 Å². The van der Waals surface area contributed by atoms with Gasteiger partial charge in [0.15, 0.2) is 11.2 Å². The molecule has 14 nitrogen and oxygen atoms in total. The molecule has 0 saturated heterocycles. The third-order valence-electron chi connectivity index (χ3n) is 3.17. The van der Waals surface area contributed by atoms with Gasteiger partial charge in [-0.15, -0.1) is 0 Å². The number of rotatable bonds is 12. The van der Waals surface area contributed by atoms with Crippen LogP contribution in [0, 0.1) is 0 Å². The van der Waals surface area contributed by atoms with Gasteiger partial charge < -0.3 is 40.1 Å². The summed E-state index contributed by atoms with van der Waals surface area (Å²) in [5, 5.41) is 52.3. The molecular weight excluding hydrogens is 416 g/mol. The van der Waals surface area contributed by atoms with Gasteiger partial charge in [0.2, 0.25) is 0 Å². The van der Waals surface area contributed by atoms with E-state index in [0.29, 0.717) is 0 Å². The van der Waals surface area contributed by atoms with Crippen LogP contribution in [0.5, 0.6) is 0 Å². The highest BCUT2D eigenvalue weighted by molar-refractivity contribution is 5.89. The van der Waals surface area contributed by atoms with Crippen LogP contribution < -0.4 is 0 Å². The molecule has 0 spiro atoms. The Labute approximate surface area is 169 Å². The average molecular weight is 440 g/mol. The van der Waals surface area contributed by atoms with E-state index in [0.717, 1.165) is 0 Å². The number of hydrogen-bond acceptors (Lipinski definition) is 10. The lowest BCUT2D eigenvalue weighted by Crippen LogP contribution is -2.43. The Morgan fingerprint density at radius 3 is 1.07 bits per heavy atom. The monoisotopic (exact) mass is 440 g/mol. The molecule has 0 radical (unpaired) electrons. The van der Waals surface area contributed by atoms with Gasteiger partial charge in [-0.3, -0.25) is 19.2 Å². The maximum absolute atomic E-state index is 11.1. The molecule has 14 heteroatoms. The van der Waals surface area contributed by atoms with E-state index in [4.69, 9.17) is 25.5 Å². The zero-order valence-corrected chi connectivity index (χ0v) is 16.2. The summed E-state index contributed by atoms with van der Waals surface area (Å²) in [6.07, 6.45) is -3.88. The van der Waals surface area contributed by atoms with Crippen molar-refractivity contribution in [2.24, 2.45) is 0 Å². The van der Waals surface area contributed by atoms with Crippen molar-refractivity contribution >= 4 is 35.8 Å². The molecule has 0 aromatic heterocycles. The second-order valence-electron chi connectivity index (χ2n) is 5.78. The Hall–Kier alpha value is -3.26. The molecule has 6 N–H and O–H groups in total. The molecule has 30 heavy (non-hydrogen) atoms. The van der Waals surface area contributed by atoms with Crippen molar-refractivity contribution in [1.82, 2.24) is 0 Å². The average Bonchev–Trinajstić information content (AvgIpc) is 2.53. The summed E-state index contributed by atoms with van der Waals surface area (Å²) < 4.78 is 9.03. The number of aliphatic hydroxyl groups is 2. The number of hydrogen-bond donors (Lipinski definition) is 6. The summed E-state index contributed by atoms with van der Waals surface area (Å²) >= 11 is 0. The molecular formula is C16H24O14. The van der Waals surface area contributed by atoms with E-state index in [1.54, 1.807) is 13.8 Å². The normalized spacial score (nSPS) is 10.8. The Kier molecular flexibility index (Phi) is 12.6. The minimum Gasteiger partial charge on any atom is -0.481 e. The third-order valence-corrected chi connectivity index (χ3v) is 3.17. The standard InChI is InChI=1S/C10H16O7.C6H8O7/c1-3-16-7(11)5-10(15,9(13)14)6-8(12)17-4-2;7-3(8)1-6(13,5(11)12)2-4(9)10/h15H,3-6H2,1-2H3,(H,13,14);13H,1-2H2,(H,7,8)(H,9,10)(H,11,12). The van der Waals surface area contributed by atoms with Gasteiger partial charge in [0.1, 0.15) is 0 Å². The van der Waals surface area contributed by atoms with E-state index in [1.165, 1.54) is 0 Å². The summed E-state index contributed by atoms with van der Waals surface area (Å²) in [5.41, 5.74) is -5.23. The van der Waals surface area contributed by atoms with E-state index >= 15 is 0 Å². The van der Waals surface area contributed by atoms with Crippen LogP contribution in [0.2, 0.25) is 0 Å². The highest BCUT2D eigenvalue weighted by Crippen LogP contribution is 2.18. The zero-order valence-electron chi connectivity index (χ0n) is 16.2. The number of carbonyl (C=O) groups excluding carboxylic acids is 2. The first-order chi connectivity index (χ1) is 13.6. The summed E-state index contributed by atoms with van der Waals surface area (Å²) in [4.78, 5) is 63.5. The van der Waals surface area contributed by atoms with Gasteiger partial charge in [0, 0.05) is 0 Å². The minimum absolute atomic E-state index is 0.0634. The molecule has 0 saturated carbocycles. The van der Waals surface area contributed by atoms with Crippen LogP contribution in [0.1, 0.15) is 39.5 Å². The molecule has 0 amide bonds. The molecule has 0 heterocycles. The molecule has 0 fully saturated rings. The van der Waals surface area contributed by atoms with Gasteiger partial charge in [0.05, 0.1) is 38.9 Å². The van der Waals surface area contributed by atoms with Crippen LogP contribution >= 0.6 is 0 Å². The lowest BCUT2D eigenvalue weighted by molar-refractivity contribution is -0.173. The van der Waals surface area contributed by atoms with Crippen LogP contribution in [-0.2, 0) is 38.2 Å². The van der Waals surface area contributed by atoms with Crippen LogP contribution in [-0.4, -0.2) is 90.9 Å². The topological polar surface area (TPSA) is 242 Å². The van der Waals surface area contributed by atoms with E-state index in [9.17, 15) is 33.9 Å². The van der Waals surface area contributed by atoms with Crippen LogP contribution in [0.4, 0.5) is 0 Å². The van der Waals surface area contributed by atoms with E-state index in [1.807, 2.05) is 0 Å². The van der Waals surface area contributed by atoms with Gasteiger partial charge in [-0.2, -0.15) is 0 Å². The molecule has 0 rings (SSSR count). The molecule has 0 aliphatic rings. The van der Waals surface area contributed by atoms with E-state index < -0.39 is 72.7 Å². The highest BCUT2D eigenvalue weighted by Gasteiger charge is 2.42. The number of ether oxygens (including phenoxy) is 2. The lowest BCUT2D eigenvalue weighted by Gasteiger charge is -2.21. The Morgan fingerprint density at radius 1 is 0.600 bits per heavy atom. The first-order valence-electron chi connectivity index (χ1n) is 8.29. The minimum atomic E-state index is -2.74. The number of carboxylic acids is 4. The number of carboxylic acid groups (broad SMARTS) is 4. The molecule has 0 aliphatic heterocycles. The van der Waals surface area contributed by atoms with Crippen molar-refractivity contribution < 1.29 is 68.9 Å². The van der Waals surface area contributed by atoms with Gasteiger partial charge in [-0.1, -0.05) is 0 Å². The van der Waals surface area contributed by atoms with Crippen molar-refractivity contribution in [3.8, 4) is 0 Å². The predicted octanol–water partition coefficient (Wildman–Crippen LogP) is -1.54. The van der Waals surface area contributed by atoms with Crippen molar-refractivity contribution in [3.05, 3.63) is 0 Å². The fourth-order valence-corrected chi connectivity index (χ4v) is 1.83. The van der Waals surface area contributed by atoms with Crippen molar-refractivity contribution in [3.63, 3.8) is 0 Å². The Bertz CT molecular complexity index is 616. The molecule has 0 aromatic carbocycles. The SMILES string of the molecule is CCOC(=O)CC(O)(CC(=O)OCC)C(=O)O.O=C(O)CC(O)(CC(=O)O)C(=O)O.